The topological polar surface area (TPSA) is 70.2 Å². The molecular formula is C12H19N3O2S. The molecule has 1 aliphatic heterocycles. The van der Waals surface area contributed by atoms with Gasteiger partial charge in [0.05, 0.1) is 4.90 Å². The number of rotatable bonds is 5. The third kappa shape index (κ3) is 3.22. The summed E-state index contributed by atoms with van der Waals surface area (Å²) in [7, 11) is -1.92. The van der Waals surface area contributed by atoms with Crippen LogP contribution in [-0.4, -0.2) is 35.1 Å². The zero-order valence-corrected chi connectivity index (χ0v) is 11.3. The molecule has 0 radical (unpaired) electrons. The zero-order chi connectivity index (χ0) is 13.0. The van der Waals surface area contributed by atoms with Crippen molar-refractivity contribution in [3.63, 3.8) is 0 Å². The fourth-order valence-electron chi connectivity index (χ4n) is 2.02. The average Bonchev–Trinajstić information content (AvgIpc) is 2.90. The Morgan fingerprint density at radius 2 is 2.06 bits per heavy atom. The van der Waals surface area contributed by atoms with Crippen molar-refractivity contribution in [3.05, 3.63) is 24.3 Å². The number of hydrogen-bond donors (Lipinski definition) is 3. The summed E-state index contributed by atoms with van der Waals surface area (Å²) >= 11 is 0. The van der Waals surface area contributed by atoms with E-state index in [2.05, 4.69) is 15.4 Å². The van der Waals surface area contributed by atoms with Gasteiger partial charge in [-0.2, -0.15) is 0 Å². The smallest absolute Gasteiger partial charge is 0.240 e. The Morgan fingerprint density at radius 1 is 1.33 bits per heavy atom. The summed E-state index contributed by atoms with van der Waals surface area (Å²) in [4.78, 5) is 0.290. The Labute approximate surface area is 108 Å². The molecule has 3 N–H and O–H groups in total. The summed E-state index contributed by atoms with van der Waals surface area (Å²) in [6.07, 6.45) is 1.19. The van der Waals surface area contributed by atoms with Gasteiger partial charge in [-0.25, -0.2) is 13.1 Å². The molecule has 18 heavy (non-hydrogen) atoms. The predicted molar refractivity (Wildman–Crippen MR) is 72.2 cm³/mol. The maximum Gasteiger partial charge on any atom is 0.240 e. The van der Waals surface area contributed by atoms with E-state index in [1.54, 1.807) is 24.3 Å². The first-order valence-electron chi connectivity index (χ1n) is 6.10. The van der Waals surface area contributed by atoms with Crippen molar-refractivity contribution in [2.24, 2.45) is 5.92 Å². The van der Waals surface area contributed by atoms with Gasteiger partial charge >= 0.3 is 0 Å². The maximum absolute atomic E-state index is 11.5. The summed E-state index contributed by atoms with van der Waals surface area (Å²) in [5.41, 5.74) is 0.956. The normalized spacial score (nSPS) is 19.9. The van der Waals surface area contributed by atoms with Crippen molar-refractivity contribution in [2.45, 2.75) is 11.3 Å². The molecule has 5 nitrogen and oxygen atoms in total. The number of anilines is 1. The van der Waals surface area contributed by atoms with E-state index >= 15 is 0 Å². The van der Waals surface area contributed by atoms with Crippen LogP contribution in [0.25, 0.3) is 0 Å². The molecule has 1 heterocycles. The Kier molecular flexibility index (Phi) is 4.21. The first-order valence-corrected chi connectivity index (χ1v) is 7.58. The molecule has 0 amide bonds. The van der Waals surface area contributed by atoms with Gasteiger partial charge in [0.1, 0.15) is 0 Å². The Balaban J connectivity index is 1.95. The van der Waals surface area contributed by atoms with Crippen LogP contribution in [0.1, 0.15) is 6.42 Å². The van der Waals surface area contributed by atoms with Gasteiger partial charge < -0.3 is 10.6 Å². The lowest BCUT2D eigenvalue weighted by Crippen LogP contribution is -2.19. The Morgan fingerprint density at radius 3 is 2.61 bits per heavy atom. The molecule has 0 bridgehead atoms. The number of hydrogen-bond acceptors (Lipinski definition) is 4. The van der Waals surface area contributed by atoms with Crippen LogP contribution in [-0.2, 0) is 10.0 Å². The number of benzene rings is 1. The molecule has 100 valence electrons. The second-order valence-corrected chi connectivity index (χ2v) is 6.36. The van der Waals surface area contributed by atoms with Crippen LogP contribution in [0.3, 0.4) is 0 Å². The van der Waals surface area contributed by atoms with Crippen molar-refractivity contribution < 1.29 is 8.42 Å². The fraction of sp³-hybridized carbons (Fsp3) is 0.500. The lowest BCUT2D eigenvalue weighted by Gasteiger charge is -2.11. The second kappa shape index (κ2) is 5.69. The maximum atomic E-state index is 11.5. The second-order valence-electron chi connectivity index (χ2n) is 4.47. The van der Waals surface area contributed by atoms with Crippen LogP contribution >= 0.6 is 0 Å². The molecular weight excluding hydrogens is 250 g/mol. The molecule has 1 aliphatic rings. The highest BCUT2D eigenvalue weighted by Crippen LogP contribution is 2.15. The van der Waals surface area contributed by atoms with Crippen molar-refractivity contribution in [2.75, 3.05) is 32.0 Å². The monoisotopic (exact) mass is 269 g/mol. The summed E-state index contributed by atoms with van der Waals surface area (Å²) in [5, 5.41) is 6.65. The molecule has 6 heteroatoms. The third-order valence-electron chi connectivity index (χ3n) is 3.19. The van der Waals surface area contributed by atoms with Gasteiger partial charge in [0, 0.05) is 12.2 Å². The van der Waals surface area contributed by atoms with E-state index in [0.29, 0.717) is 5.92 Å². The minimum absolute atomic E-state index is 0.290. The molecule has 1 aromatic carbocycles. The lowest BCUT2D eigenvalue weighted by molar-refractivity contribution is 0.588. The first-order chi connectivity index (χ1) is 8.62. The van der Waals surface area contributed by atoms with E-state index in [9.17, 15) is 8.42 Å². The molecule has 0 saturated carbocycles. The molecule has 1 unspecified atom stereocenters. The van der Waals surface area contributed by atoms with Gasteiger partial charge in [-0.05, 0) is 56.7 Å². The standard InChI is InChI=1S/C12H19N3O2S/c1-13-18(16,17)12-4-2-11(3-5-12)15-9-10-6-7-14-8-10/h2-5,10,13-15H,6-9H2,1H3. The summed E-state index contributed by atoms with van der Waals surface area (Å²) < 4.78 is 25.4. The molecule has 0 aromatic heterocycles. The first kappa shape index (κ1) is 13.3. The molecule has 1 aromatic rings. The molecule has 1 fully saturated rings. The van der Waals surface area contributed by atoms with E-state index in [1.165, 1.54) is 13.5 Å². The minimum atomic E-state index is -3.33. The van der Waals surface area contributed by atoms with E-state index in [4.69, 9.17) is 0 Å². The summed E-state index contributed by atoms with van der Waals surface area (Å²) in [6, 6.07) is 6.82. The van der Waals surface area contributed by atoms with E-state index in [0.717, 1.165) is 25.3 Å². The van der Waals surface area contributed by atoms with Crippen LogP contribution < -0.4 is 15.4 Å². The van der Waals surface area contributed by atoms with Gasteiger partial charge in [0.15, 0.2) is 0 Å². The van der Waals surface area contributed by atoms with Crippen LogP contribution in [0.15, 0.2) is 29.2 Å². The molecule has 0 aliphatic carbocycles. The highest BCUT2D eigenvalue weighted by atomic mass is 32.2. The van der Waals surface area contributed by atoms with Crippen molar-refractivity contribution in [1.29, 1.82) is 0 Å². The van der Waals surface area contributed by atoms with Gasteiger partial charge in [-0.3, -0.25) is 0 Å². The molecule has 0 spiro atoms. The minimum Gasteiger partial charge on any atom is -0.385 e. The number of sulfonamides is 1. The van der Waals surface area contributed by atoms with Gasteiger partial charge in [-0.15, -0.1) is 0 Å². The van der Waals surface area contributed by atoms with Gasteiger partial charge in [-0.1, -0.05) is 0 Å². The highest BCUT2D eigenvalue weighted by molar-refractivity contribution is 7.89. The van der Waals surface area contributed by atoms with Crippen molar-refractivity contribution in [3.8, 4) is 0 Å². The molecule has 1 atom stereocenters. The van der Waals surface area contributed by atoms with E-state index < -0.39 is 10.0 Å². The third-order valence-corrected chi connectivity index (χ3v) is 4.62. The summed E-state index contributed by atoms with van der Waals surface area (Å²) in [6.45, 7) is 3.07. The summed E-state index contributed by atoms with van der Waals surface area (Å²) in [5.74, 6) is 0.658. The average molecular weight is 269 g/mol. The zero-order valence-electron chi connectivity index (χ0n) is 10.4. The Bertz CT molecular complexity index is 479. The van der Waals surface area contributed by atoms with Crippen LogP contribution in [0.4, 0.5) is 5.69 Å². The largest absolute Gasteiger partial charge is 0.385 e. The highest BCUT2D eigenvalue weighted by Gasteiger charge is 2.14. The lowest BCUT2D eigenvalue weighted by atomic mass is 10.1. The number of nitrogens with one attached hydrogen (secondary N) is 3. The van der Waals surface area contributed by atoms with Crippen LogP contribution in [0.2, 0.25) is 0 Å². The van der Waals surface area contributed by atoms with Crippen molar-refractivity contribution >= 4 is 15.7 Å². The SMILES string of the molecule is CNS(=O)(=O)c1ccc(NCC2CCNC2)cc1. The predicted octanol–water partition coefficient (Wildman–Crippen LogP) is 0.616. The fourth-order valence-corrected chi connectivity index (χ4v) is 2.75. The van der Waals surface area contributed by atoms with E-state index in [-0.39, 0.29) is 4.90 Å². The van der Waals surface area contributed by atoms with Crippen LogP contribution in [0, 0.1) is 5.92 Å². The van der Waals surface area contributed by atoms with Crippen molar-refractivity contribution in [1.82, 2.24) is 10.0 Å². The Hall–Kier alpha value is -1.11. The van der Waals surface area contributed by atoms with Gasteiger partial charge in [0.25, 0.3) is 0 Å². The molecule has 2 rings (SSSR count). The molecule has 1 saturated heterocycles. The quantitative estimate of drug-likeness (QED) is 0.733. The van der Waals surface area contributed by atoms with Gasteiger partial charge in [0.2, 0.25) is 10.0 Å². The van der Waals surface area contributed by atoms with Crippen LogP contribution in [0.5, 0.6) is 0 Å². The van der Waals surface area contributed by atoms with E-state index in [1.807, 2.05) is 0 Å².